The van der Waals surface area contributed by atoms with Crippen LogP contribution in [0.3, 0.4) is 0 Å². The molecule has 2 heterocycles. The molecule has 0 N–H and O–H groups in total. The number of carbonyl (C=O) groups excluding carboxylic acids is 1. The summed E-state index contributed by atoms with van der Waals surface area (Å²) >= 11 is 0. The third kappa shape index (κ3) is 5.80. The topological polar surface area (TPSA) is 74.4 Å². The fraction of sp³-hybridized carbons (Fsp3) is 0.500. The molecule has 0 radical (unpaired) electrons. The molecular weight excluding hydrogens is 385 g/mol. The van der Waals surface area contributed by atoms with E-state index in [4.69, 9.17) is 10.00 Å². The Balaban J connectivity index is 1.47. The molecule has 0 aliphatic carbocycles. The van der Waals surface area contributed by atoms with Gasteiger partial charge in [0.1, 0.15) is 11.9 Å². The lowest BCUT2D eigenvalue weighted by molar-refractivity contribution is 0.0756. The molecule has 0 unspecified atom stereocenters. The molecule has 1 aliphatic rings. The van der Waals surface area contributed by atoms with E-state index in [0.29, 0.717) is 26.2 Å². The largest absolute Gasteiger partial charge is 0.449 e. The third-order valence-corrected chi connectivity index (χ3v) is 5.34. The van der Waals surface area contributed by atoms with Crippen molar-refractivity contribution in [3.8, 4) is 6.07 Å². The van der Waals surface area contributed by atoms with Gasteiger partial charge in [-0.1, -0.05) is 19.4 Å². The van der Waals surface area contributed by atoms with Crippen LogP contribution >= 0.6 is 0 Å². The van der Waals surface area contributed by atoms with Crippen LogP contribution in [0.15, 0.2) is 30.7 Å². The van der Waals surface area contributed by atoms with E-state index in [1.54, 1.807) is 17.3 Å². The number of unbranched alkanes of at least 4 members (excludes halogenated alkanes) is 1. The molecule has 1 amide bonds. The monoisotopic (exact) mass is 413 g/mol. The highest BCUT2D eigenvalue weighted by atomic mass is 19.1. The van der Waals surface area contributed by atoms with E-state index in [9.17, 15) is 9.18 Å². The molecule has 2 aromatic rings. The van der Waals surface area contributed by atoms with Crippen molar-refractivity contribution in [2.75, 3.05) is 39.3 Å². The number of aromatic nitrogens is 2. The Bertz CT molecular complexity index is 884. The first-order chi connectivity index (χ1) is 14.6. The summed E-state index contributed by atoms with van der Waals surface area (Å²) in [5.74, 6) is -0.497. The number of imidazole rings is 1. The number of hydrogen-bond donors (Lipinski definition) is 0. The zero-order chi connectivity index (χ0) is 21.3. The van der Waals surface area contributed by atoms with Crippen LogP contribution in [0.1, 0.15) is 36.6 Å². The maximum Gasteiger partial charge on any atom is 0.409 e. The lowest BCUT2D eigenvalue weighted by Gasteiger charge is -2.34. The molecule has 1 aliphatic heterocycles. The van der Waals surface area contributed by atoms with Gasteiger partial charge in [-0.3, -0.25) is 4.90 Å². The van der Waals surface area contributed by atoms with Gasteiger partial charge in [0.05, 0.1) is 18.5 Å². The fourth-order valence-electron chi connectivity index (χ4n) is 3.46. The summed E-state index contributed by atoms with van der Waals surface area (Å²) in [5.41, 5.74) is 1.92. The molecule has 30 heavy (non-hydrogen) atoms. The second kappa shape index (κ2) is 10.7. The maximum absolute atomic E-state index is 13.9. The summed E-state index contributed by atoms with van der Waals surface area (Å²) in [6.45, 7) is 6.92. The van der Waals surface area contributed by atoms with Crippen molar-refractivity contribution in [3.63, 3.8) is 0 Å². The van der Waals surface area contributed by atoms with Crippen molar-refractivity contribution in [2.24, 2.45) is 0 Å². The molecule has 8 heteroatoms. The average Bonchev–Trinajstić information content (AvgIpc) is 3.20. The predicted octanol–water partition coefficient (Wildman–Crippen LogP) is 3.04. The number of carbonyl (C=O) groups is 1. The van der Waals surface area contributed by atoms with E-state index >= 15 is 0 Å². The van der Waals surface area contributed by atoms with Crippen molar-refractivity contribution in [1.29, 1.82) is 5.26 Å². The van der Waals surface area contributed by atoms with Crippen molar-refractivity contribution >= 4 is 6.09 Å². The maximum atomic E-state index is 13.9. The smallest absolute Gasteiger partial charge is 0.409 e. The SMILES string of the molecule is CCCCOC(=O)N1CCN(CCc2cncn2Cc2ccc(C#N)c(F)c2)CC1. The molecule has 1 aromatic heterocycles. The summed E-state index contributed by atoms with van der Waals surface area (Å²) in [7, 11) is 0. The molecule has 3 rings (SSSR count). The van der Waals surface area contributed by atoms with Gasteiger partial charge in [-0.15, -0.1) is 0 Å². The fourth-order valence-corrected chi connectivity index (χ4v) is 3.46. The molecule has 160 valence electrons. The molecule has 0 atom stereocenters. The second-order valence-corrected chi connectivity index (χ2v) is 7.49. The minimum atomic E-state index is -0.497. The number of piperazine rings is 1. The van der Waals surface area contributed by atoms with Gasteiger partial charge >= 0.3 is 6.09 Å². The van der Waals surface area contributed by atoms with Crippen molar-refractivity contribution in [3.05, 3.63) is 53.4 Å². The van der Waals surface area contributed by atoms with Crippen LogP contribution in [0.25, 0.3) is 0 Å². The van der Waals surface area contributed by atoms with Gasteiger partial charge in [0, 0.05) is 57.6 Å². The lowest BCUT2D eigenvalue weighted by Crippen LogP contribution is -2.49. The molecule has 0 saturated carbocycles. The van der Waals surface area contributed by atoms with Gasteiger partial charge in [0.25, 0.3) is 0 Å². The first-order valence-electron chi connectivity index (χ1n) is 10.4. The number of hydrogen-bond acceptors (Lipinski definition) is 5. The van der Waals surface area contributed by atoms with Gasteiger partial charge in [-0.2, -0.15) is 5.26 Å². The zero-order valence-electron chi connectivity index (χ0n) is 17.4. The molecule has 7 nitrogen and oxygen atoms in total. The number of ether oxygens (including phenoxy) is 1. The molecular formula is C22H28FN5O2. The van der Waals surface area contributed by atoms with E-state index in [2.05, 4.69) is 16.8 Å². The Morgan fingerprint density at radius 1 is 1.30 bits per heavy atom. The summed E-state index contributed by atoms with van der Waals surface area (Å²) in [6, 6.07) is 6.52. The molecule has 1 aromatic carbocycles. The van der Waals surface area contributed by atoms with E-state index in [-0.39, 0.29) is 11.7 Å². The van der Waals surface area contributed by atoms with Crippen molar-refractivity contribution in [2.45, 2.75) is 32.7 Å². The normalized spacial score (nSPS) is 14.5. The molecule has 1 saturated heterocycles. The van der Waals surface area contributed by atoms with Gasteiger partial charge in [-0.25, -0.2) is 14.2 Å². The number of rotatable bonds is 8. The minimum absolute atomic E-state index is 0.0537. The minimum Gasteiger partial charge on any atom is -0.449 e. The van der Waals surface area contributed by atoms with E-state index in [1.807, 2.05) is 16.8 Å². The number of benzene rings is 1. The molecule has 0 bridgehead atoms. The highest BCUT2D eigenvalue weighted by Gasteiger charge is 2.22. The second-order valence-electron chi connectivity index (χ2n) is 7.49. The van der Waals surface area contributed by atoms with Crippen LogP contribution in [0, 0.1) is 17.1 Å². The molecule has 0 spiro atoms. The summed E-state index contributed by atoms with van der Waals surface area (Å²) < 4.78 is 21.1. The number of nitrogens with zero attached hydrogens (tertiary/aromatic N) is 5. The van der Waals surface area contributed by atoms with Crippen LogP contribution in [0.5, 0.6) is 0 Å². The van der Waals surface area contributed by atoms with Crippen LogP contribution in [0.2, 0.25) is 0 Å². The third-order valence-electron chi connectivity index (χ3n) is 5.34. The number of nitriles is 1. The van der Waals surface area contributed by atoms with E-state index < -0.39 is 5.82 Å². The first kappa shape index (κ1) is 21.8. The van der Waals surface area contributed by atoms with Crippen LogP contribution < -0.4 is 0 Å². The van der Waals surface area contributed by atoms with Gasteiger partial charge in [0.2, 0.25) is 0 Å². The summed E-state index contributed by atoms with van der Waals surface area (Å²) in [6.07, 6.45) is 6.10. The predicted molar refractivity (Wildman–Crippen MR) is 110 cm³/mol. The standard InChI is InChI=1S/C22H28FN5O2/c1-2-3-12-30-22(29)27-10-8-26(9-11-27)7-6-20-15-25-17-28(20)16-18-4-5-19(14-24)21(23)13-18/h4-5,13,15,17H,2-3,6-12,16H2,1H3. The highest BCUT2D eigenvalue weighted by molar-refractivity contribution is 5.67. The Morgan fingerprint density at radius 3 is 2.80 bits per heavy atom. The Labute approximate surface area is 176 Å². The van der Waals surface area contributed by atoms with Crippen molar-refractivity contribution in [1.82, 2.24) is 19.4 Å². The first-order valence-corrected chi connectivity index (χ1v) is 10.4. The highest BCUT2D eigenvalue weighted by Crippen LogP contribution is 2.13. The zero-order valence-corrected chi connectivity index (χ0v) is 17.4. The lowest BCUT2D eigenvalue weighted by atomic mass is 10.1. The number of amides is 1. The summed E-state index contributed by atoms with van der Waals surface area (Å²) in [5, 5.41) is 8.86. The average molecular weight is 413 g/mol. The quantitative estimate of drug-likeness (QED) is 0.622. The summed E-state index contributed by atoms with van der Waals surface area (Å²) in [4.78, 5) is 20.4. The van der Waals surface area contributed by atoms with Crippen LogP contribution in [-0.2, 0) is 17.7 Å². The van der Waals surface area contributed by atoms with Gasteiger partial charge < -0.3 is 14.2 Å². The molecule has 1 fully saturated rings. The van der Waals surface area contributed by atoms with E-state index in [1.165, 1.54) is 12.1 Å². The van der Waals surface area contributed by atoms with Gasteiger partial charge in [-0.05, 0) is 24.1 Å². The van der Waals surface area contributed by atoms with Crippen LogP contribution in [-0.4, -0.2) is 64.8 Å². The van der Waals surface area contributed by atoms with Gasteiger partial charge in [0.15, 0.2) is 0 Å². The number of halogens is 1. The Kier molecular flexibility index (Phi) is 7.80. The van der Waals surface area contributed by atoms with Crippen LogP contribution in [0.4, 0.5) is 9.18 Å². The Morgan fingerprint density at radius 2 is 2.10 bits per heavy atom. The van der Waals surface area contributed by atoms with Crippen molar-refractivity contribution < 1.29 is 13.9 Å². The Hall–Kier alpha value is -2.92. The van der Waals surface area contributed by atoms with E-state index in [0.717, 1.165) is 50.2 Å².